The first-order valence-corrected chi connectivity index (χ1v) is 7.88. The topological polar surface area (TPSA) is 63.9 Å². The van der Waals surface area contributed by atoms with Crippen LogP contribution in [0.2, 0.25) is 0 Å². The highest BCUT2D eigenvalue weighted by Crippen LogP contribution is 2.30. The average molecular weight is 319 g/mol. The molecule has 0 aliphatic carbocycles. The number of aromatic nitrogens is 4. The molecule has 2 aromatic heterocycles. The van der Waals surface area contributed by atoms with Gasteiger partial charge in [-0.25, -0.2) is 15.0 Å². The molecule has 0 N–H and O–H groups in total. The molecule has 6 heteroatoms. The van der Waals surface area contributed by atoms with Crippen LogP contribution in [0, 0.1) is 6.92 Å². The molecule has 1 aliphatic rings. The van der Waals surface area contributed by atoms with Crippen LogP contribution in [0.15, 0.2) is 55.0 Å². The van der Waals surface area contributed by atoms with Crippen LogP contribution >= 0.6 is 0 Å². The summed E-state index contributed by atoms with van der Waals surface area (Å²) in [5.41, 5.74) is 1.53. The molecule has 0 spiro atoms. The predicted molar refractivity (Wildman–Crippen MR) is 88.1 cm³/mol. The Labute approximate surface area is 139 Å². The lowest BCUT2D eigenvalue weighted by Gasteiger charge is -2.36. The number of fused-ring (bicyclic) bond motifs is 1. The van der Waals surface area contributed by atoms with Gasteiger partial charge in [0.1, 0.15) is 17.3 Å². The first kappa shape index (κ1) is 14.6. The number of nitrogens with zero attached hydrogens (tertiary/aromatic N) is 5. The van der Waals surface area contributed by atoms with Gasteiger partial charge in [-0.05, 0) is 18.6 Å². The number of aryl methyl sites for hydroxylation is 1. The van der Waals surface area contributed by atoms with Crippen LogP contribution in [0.3, 0.4) is 0 Å². The molecule has 3 heterocycles. The summed E-state index contributed by atoms with van der Waals surface area (Å²) in [6, 6.07) is 11.7. The van der Waals surface area contributed by atoms with Gasteiger partial charge in [-0.15, -0.1) is 0 Å². The Kier molecular flexibility index (Phi) is 3.57. The molecule has 0 unspecified atom stereocenters. The normalized spacial score (nSPS) is 16.7. The molecule has 6 nitrogen and oxygen atoms in total. The highest BCUT2D eigenvalue weighted by molar-refractivity contribution is 5.92. The molecule has 0 saturated carbocycles. The number of carbonyl (C=O) groups excluding carboxylic acids is 1. The van der Waals surface area contributed by atoms with E-state index in [-0.39, 0.29) is 11.9 Å². The third kappa shape index (κ3) is 2.56. The number of imidazole rings is 1. The minimum absolute atomic E-state index is 0.0457. The van der Waals surface area contributed by atoms with Crippen molar-refractivity contribution in [3.63, 3.8) is 0 Å². The molecule has 1 aliphatic heterocycles. The standard InChI is InChI=1S/C18H17N5O/c1-13-19-8-7-15(21-13)18(24)23-12-17-20-9-10-22(17)11-16(23)14-5-3-2-4-6-14/h2-10,16H,11-12H2,1H3/t16-/m0/s1. The van der Waals surface area contributed by atoms with E-state index in [4.69, 9.17) is 0 Å². The number of amides is 1. The van der Waals surface area contributed by atoms with Crippen molar-refractivity contribution in [2.45, 2.75) is 26.1 Å². The monoisotopic (exact) mass is 319 g/mol. The van der Waals surface area contributed by atoms with Crippen LogP contribution in [-0.2, 0) is 13.1 Å². The second-order valence-corrected chi connectivity index (χ2v) is 5.84. The summed E-state index contributed by atoms with van der Waals surface area (Å²) in [7, 11) is 0. The van der Waals surface area contributed by atoms with E-state index in [0.717, 1.165) is 11.4 Å². The van der Waals surface area contributed by atoms with Gasteiger partial charge in [-0.3, -0.25) is 4.79 Å². The fourth-order valence-corrected chi connectivity index (χ4v) is 3.10. The molecular weight excluding hydrogens is 302 g/mol. The van der Waals surface area contributed by atoms with E-state index in [2.05, 4.69) is 31.7 Å². The van der Waals surface area contributed by atoms with Gasteiger partial charge in [-0.2, -0.15) is 0 Å². The SMILES string of the molecule is Cc1nccc(C(=O)N2Cc3nccn3C[C@H]2c2ccccc2)n1. The maximum Gasteiger partial charge on any atom is 0.273 e. The van der Waals surface area contributed by atoms with Gasteiger partial charge >= 0.3 is 0 Å². The van der Waals surface area contributed by atoms with E-state index in [0.29, 0.717) is 24.6 Å². The van der Waals surface area contributed by atoms with E-state index < -0.39 is 0 Å². The molecule has 0 bridgehead atoms. The molecule has 4 rings (SSSR count). The van der Waals surface area contributed by atoms with Gasteiger partial charge in [0.15, 0.2) is 0 Å². The number of hydrogen-bond acceptors (Lipinski definition) is 4. The number of carbonyl (C=O) groups is 1. The minimum Gasteiger partial charge on any atom is -0.331 e. The summed E-state index contributed by atoms with van der Waals surface area (Å²) >= 11 is 0. The van der Waals surface area contributed by atoms with Crippen molar-refractivity contribution < 1.29 is 4.79 Å². The van der Waals surface area contributed by atoms with E-state index in [1.54, 1.807) is 25.4 Å². The van der Waals surface area contributed by atoms with Crippen LogP contribution in [0.5, 0.6) is 0 Å². The van der Waals surface area contributed by atoms with E-state index in [1.807, 2.05) is 29.3 Å². The molecule has 0 radical (unpaired) electrons. The zero-order valence-electron chi connectivity index (χ0n) is 13.3. The number of benzene rings is 1. The second kappa shape index (κ2) is 5.88. The molecule has 0 saturated heterocycles. The Morgan fingerprint density at radius 1 is 1.12 bits per heavy atom. The zero-order valence-corrected chi connectivity index (χ0v) is 13.3. The lowest BCUT2D eigenvalue weighted by atomic mass is 10.0. The van der Waals surface area contributed by atoms with Crippen LogP contribution in [-0.4, -0.2) is 30.3 Å². The molecule has 1 atom stereocenters. The van der Waals surface area contributed by atoms with Crippen LogP contribution in [0.4, 0.5) is 0 Å². The van der Waals surface area contributed by atoms with Gasteiger partial charge in [0.05, 0.1) is 12.6 Å². The number of rotatable bonds is 2. The van der Waals surface area contributed by atoms with Gasteiger partial charge in [0.2, 0.25) is 0 Å². The van der Waals surface area contributed by atoms with Crippen LogP contribution in [0.1, 0.15) is 33.7 Å². The molecule has 24 heavy (non-hydrogen) atoms. The molecule has 1 aromatic carbocycles. The van der Waals surface area contributed by atoms with Crippen molar-refractivity contribution in [3.05, 3.63) is 77.9 Å². The van der Waals surface area contributed by atoms with Gasteiger partial charge in [-0.1, -0.05) is 30.3 Å². The maximum atomic E-state index is 13.1. The van der Waals surface area contributed by atoms with Gasteiger partial charge < -0.3 is 9.47 Å². The second-order valence-electron chi connectivity index (χ2n) is 5.84. The Balaban J connectivity index is 1.74. The Hall–Kier alpha value is -3.02. The molecular formula is C18H17N5O. The fraction of sp³-hybridized carbons (Fsp3) is 0.222. The zero-order chi connectivity index (χ0) is 16.5. The van der Waals surface area contributed by atoms with Crippen LogP contribution < -0.4 is 0 Å². The summed E-state index contributed by atoms with van der Waals surface area (Å²) in [5, 5.41) is 0. The quantitative estimate of drug-likeness (QED) is 0.727. The molecule has 0 fully saturated rings. The summed E-state index contributed by atoms with van der Waals surface area (Å²) in [5.74, 6) is 1.39. The van der Waals surface area contributed by atoms with Crippen LogP contribution in [0.25, 0.3) is 0 Å². The first-order chi connectivity index (χ1) is 11.7. The smallest absolute Gasteiger partial charge is 0.273 e. The highest BCUT2D eigenvalue weighted by atomic mass is 16.2. The first-order valence-electron chi connectivity index (χ1n) is 7.88. The van der Waals surface area contributed by atoms with Crippen molar-refractivity contribution in [1.82, 2.24) is 24.4 Å². The lowest BCUT2D eigenvalue weighted by Crippen LogP contribution is -2.41. The Bertz CT molecular complexity index is 874. The summed E-state index contributed by atoms with van der Waals surface area (Å²) in [6.45, 7) is 2.94. The number of hydrogen-bond donors (Lipinski definition) is 0. The molecule has 3 aromatic rings. The van der Waals surface area contributed by atoms with Crippen molar-refractivity contribution in [1.29, 1.82) is 0 Å². The third-order valence-corrected chi connectivity index (χ3v) is 4.30. The summed E-state index contributed by atoms with van der Waals surface area (Å²) < 4.78 is 2.10. The Morgan fingerprint density at radius 2 is 1.96 bits per heavy atom. The molecule has 120 valence electrons. The average Bonchev–Trinajstić information content (AvgIpc) is 3.08. The molecule has 1 amide bonds. The largest absolute Gasteiger partial charge is 0.331 e. The van der Waals surface area contributed by atoms with E-state index >= 15 is 0 Å². The Morgan fingerprint density at radius 3 is 2.75 bits per heavy atom. The van der Waals surface area contributed by atoms with Crippen molar-refractivity contribution in [3.8, 4) is 0 Å². The van der Waals surface area contributed by atoms with Gasteiger partial charge in [0, 0.05) is 25.1 Å². The highest BCUT2D eigenvalue weighted by Gasteiger charge is 2.32. The minimum atomic E-state index is -0.0939. The van der Waals surface area contributed by atoms with E-state index in [1.165, 1.54) is 0 Å². The third-order valence-electron chi connectivity index (χ3n) is 4.30. The maximum absolute atomic E-state index is 13.1. The van der Waals surface area contributed by atoms with E-state index in [9.17, 15) is 4.79 Å². The summed E-state index contributed by atoms with van der Waals surface area (Å²) in [4.78, 5) is 27.6. The van der Waals surface area contributed by atoms with Gasteiger partial charge in [0.25, 0.3) is 5.91 Å². The van der Waals surface area contributed by atoms with Crippen molar-refractivity contribution in [2.24, 2.45) is 0 Å². The lowest BCUT2D eigenvalue weighted by molar-refractivity contribution is 0.0578. The predicted octanol–water partition coefficient (Wildman–Crippen LogP) is 2.38. The summed E-state index contributed by atoms with van der Waals surface area (Å²) in [6.07, 6.45) is 5.36. The van der Waals surface area contributed by atoms with Crippen molar-refractivity contribution in [2.75, 3.05) is 0 Å². The van der Waals surface area contributed by atoms with Crippen molar-refractivity contribution >= 4 is 5.91 Å². The fourth-order valence-electron chi connectivity index (χ4n) is 3.10.